The van der Waals surface area contributed by atoms with Crippen LogP contribution in [0.25, 0.3) is 0 Å². The minimum absolute atomic E-state index is 0.0505. The number of nitrogens with one attached hydrogen (secondary N) is 2. The van der Waals surface area contributed by atoms with Crippen molar-refractivity contribution in [1.29, 1.82) is 0 Å². The van der Waals surface area contributed by atoms with Crippen molar-refractivity contribution in [2.24, 2.45) is 17.8 Å². The highest BCUT2D eigenvalue weighted by Crippen LogP contribution is 2.60. The largest absolute Gasteiger partial charge is 0.356 e. The SMILES string of the molecule is CC1CCC(N2C(=O)[C@@H]3[C@@H](C(=O)Nc4ccc(F)cc4)[C@]4(C)C=C[C@@]3(O4)[C@H]2C(=O)NC2CCCCC2)CC1. The van der Waals surface area contributed by atoms with Gasteiger partial charge in [-0.2, -0.15) is 0 Å². The predicted octanol–water partition coefficient (Wildman–Crippen LogP) is 4.33. The van der Waals surface area contributed by atoms with Crippen LogP contribution in [0.4, 0.5) is 10.1 Å². The van der Waals surface area contributed by atoms with E-state index in [1.807, 2.05) is 19.1 Å². The number of hydrogen-bond donors (Lipinski definition) is 2. The molecule has 3 aliphatic heterocycles. The van der Waals surface area contributed by atoms with Gasteiger partial charge in [-0.05, 0) is 75.6 Å². The molecule has 204 valence electrons. The van der Waals surface area contributed by atoms with Crippen LogP contribution in [0, 0.1) is 23.6 Å². The Kier molecular flexibility index (Phi) is 6.36. The monoisotopic (exact) mass is 523 g/mol. The molecule has 1 spiro atoms. The van der Waals surface area contributed by atoms with E-state index in [1.165, 1.54) is 30.7 Å². The molecule has 0 radical (unpaired) electrons. The highest BCUT2D eigenvalue weighted by atomic mass is 19.1. The molecule has 38 heavy (non-hydrogen) atoms. The van der Waals surface area contributed by atoms with E-state index < -0.39 is 34.9 Å². The Bertz CT molecular complexity index is 1140. The molecule has 8 heteroatoms. The average Bonchev–Trinajstić information content (AvgIpc) is 3.47. The molecule has 1 aromatic rings. The summed E-state index contributed by atoms with van der Waals surface area (Å²) in [6.45, 7) is 4.05. The molecule has 1 aromatic carbocycles. The molecular formula is C30H38FN3O4. The molecule has 2 saturated heterocycles. The molecule has 7 nitrogen and oxygen atoms in total. The molecule has 2 aliphatic carbocycles. The number of carbonyl (C=O) groups excluding carboxylic acids is 3. The number of amides is 3. The van der Waals surface area contributed by atoms with Crippen molar-refractivity contribution in [2.75, 3.05) is 5.32 Å². The molecule has 0 unspecified atom stereocenters. The van der Waals surface area contributed by atoms with Gasteiger partial charge in [0.2, 0.25) is 17.7 Å². The van der Waals surface area contributed by atoms with Crippen molar-refractivity contribution < 1.29 is 23.5 Å². The summed E-state index contributed by atoms with van der Waals surface area (Å²) >= 11 is 0. The highest BCUT2D eigenvalue weighted by molar-refractivity contribution is 6.03. The lowest BCUT2D eigenvalue weighted by Crippen LogP contribution is -2.59. The van der Waals surface area contributed by atoms with Gasteiger partial charge in [0.05, 0.1) is 17.4 Å². The van der Waals surface area contributed by atoms with Gasteiger partial charge in [-0.3, -0.25) is 14.4 Å². The first-order valence-corrected chi connectivity index (χ1v) is 14.3. The third-order valence-corrected chi connectivity index (χ3v) is 9.71. The number of anilines is 1. The van der Waals surface area contributed by atoms with Crippen molar-refractivity contribution in [3.63, 3.8) is 0 Å². The summed E-state index contributed by atoms with van der Waals surface area (Å²) < 4.78 is 20.1. The molecule has 2 N–H and O–H groups in total. The minimum atomic E-state index is -1.18. The maximum atomic E-state index is 14.3. The fourth-order valence-corrected chi connectivity index (χ4v) is 7.76. The summed E-state index contributed by atoms with van der Waals surface area (Å²) in [5.41, 5.74) is -1.74. The Morgan fingerprint density at radius 1 is 0.974 bits per heavy atom. The van der Waals surface area contributed by atoms with Gasteiger partial charge in [-0.1, -0.05) is 38.3 Å². The number of carbonyl (C=O) groups is 3. The number of nitrogens with zero attached hydrogens (tertiary/aromatic N) is 1. The Hall–Kier alpha value is -2.74. The molecule has 6 rings (SSSR count). The van der Waals surface area contributed by atoms with E-state index in [4.69, 9.17) is 4.74 Å². The van der Waals surface area contributed by atoms with Gasteiger partial charge in [0.25, 0.3) is 0 Å². The minimum Gasteiger partial charge on any atom is -0.356 e. The summed E-state index contributed by atoms with van der Waals surface area (Å²) in [6.07, 6.45) is 12.7. The van der Waals surface area contributed by atoms with Crippen molar-refractivity contribution in [3.8, 4) is 0 Å². The van der Waals surface area contributed by atoms with E-state index in [1.54, 1.807) is 4.90 Å². The Balaban J connectivity index is 1.34. The van der Waals surface area contributed by atoms with Crippen molar-refractivity contribution >= 4 is 23.4 Å². The molecule has 2 bridgehead atoms. The van der Waals surface area contributed by atoms with E-state index in [-0.39, 0.29) is 29.8 Å². The van der Waals surface area contributed by atoms with E-state index in [0.29, 0.717) is 11.6 Å². The second-order valence-electron chi connectivity index (χ2n) is 12.3. The lowest BCUT2D eigenvalue weighted by molar-refractivity contribution is -0.147. The van der Waals surface area contributed by atoms with Crippen molar-refractivity contribution in [2.45, 2.75) is 101 Å². The summed E-state index contributed by atoms with van der Waals surface area (Å²) in [5, 5.41) is 6.14. The third kappa shape index (κ3) is 4.07. The first-order valence-electron chi connectivity index (χ1n) is 14.3. The molecular weight excluding hydrogens is 485 g/mol. The maximum absolute atomic E-state index is 14.3. The van der Waals surface area contributed by atoms with Gasteiger partial charge in [0.1, 0.15) is 17.5 Å². The second kappa shape index (κ2) is 9.47. The van der Waals surface area contributed by atoms with Crippen molar-refractivity contribution in [1.82, 2.24) is 10.2 Å². The molecule has 3 amide bonds. The zero-order valence-electron chi connectivity index (χ0n) is 22.3. The van der Waals surface area contributed by atoms with Gasteiger partial charge in [0, 0.05) is 17.8 Å². The average molecular weight is 524 g/mol. The van der Waals surface area contributed by atoms with Gasteiger partial charge < -0.3 is 20.3 Å². The van der Waals surface area contributed by atoms with Crippen LogP contribution < -0.4 is 10.6 Å². The van der Waals surface area contributed by atoms with E-state index in [9.17, 15) is 18.8 Å². The molecule has 3 heterocycles. The first kappa shape index (κ1) is 25.5. The van der Waals surface area contributed by atoms with Crippen LogP contribution in [0.15, 0.2) is 36.4 Å². The smallest absolute Gasteiger partial charge is 0.246 e. The van der Waals surface area contributed by atoms with Crippen LogP contribution in [0.5, 0.6) is 0 Å². The van der Waals surface area contributed by atoms with Crippen LogP contribution in [0.3, 0.4) is 0 Å². The summed E-state index contributed by atoms with van der Waals surface area (Å²) in [7, 11) is 0. The van der Waals surface area contributed by atoms with Crippen LogP contribution in [-0.4, -0.2) is 51.9 Å². The standard InChI is InChI=1S/C30H38FN3O4/c1-18-8-14-22(15-9-18)34-25(27(36)33-20-6-4-3-5-7-20)30-17-16-29(2,38-30)23(24(30)28(34)37)26(35)32-21-12-10-19(31)11-13-21/h10-13,16-18,20,22-25H,3-9,14-15H2,1-2H3,(H,32,35)(H,33,36)/t18?,22?,23-,24-,25+,29-,30-/m0/s1. The number of halogens is 1. The quantitative estimate of drug-likeness (QED) is 0.563. The first-order chi connectivity index (χ1) is 18.2. The molecule has 0 aromatic heterocycles. The fraction of sp³-hybridized carbons (Fsp3) is 0.633. The van der Waals surface area contributed by atoms with Crippen LogP contribution in [-0.2, 0) is 19.1 Å². The Morgan fingerprint density at radius 2 is 1.66 bits per heavy atom. The Labute approximate surface area is 223 Å². The normalized spacial score (nSPS) is 38.3. The lowest BCUT2D eigenvalue weighted by atomic mass is 9.70. The number of rotatable bonds is 5. The van der Waals surface area contributed by atoms with Gasteiger partial charge in [-0.15, -0.1) is 0 Å². The highest BCUT2D eigenvalue weighted by Gasteiger charge is 2.76. The van der Waals surface area contributed by atoms with Crippen molar-refractivity contribution in [3.05, 3.63) is 42.2 Å². The van der Waals surface area contributed by atoms with E-state index in [2.05, 4.69) is 17.6 Å². The second-order valence-corrected chi connectivity index (χ2v) is 12.3. The fourth-order valence-electron chi connectivity index (χ4n) is 7.76. The summed E-state index contributed by atoms with van der Waals surface area (Å²) in [6, 6.07) is 4.82. The number of likely N-dealkylation sites (tertiary alicyclic amines) is 1. The third-order valence-electron chi connectivity index (χ3n) is 9.71. The van der Waals surface area contributed by atoms with Crippen LogP contribution >= 0.6 is 0 Å². The predicted molar refractivity (Wildman–Crippen MR) is 140 cm³/mol. The summed E-state index contributed by atoms with van der Waals surface area (Å²) in [4.78, 5) is 43.9. The molecule has 5 atom stereocenters. The van der Waals surface area contributed by atoms with Gasteiger partial charge in [-0.25, -0.2) is 4.39 Å². The van der Waals surface area contributed by atoms with Crippen LogP contribution in [0.1, 0.15) is 71.6 Å². The number of fused-ring (bicyclic) bond motifs is 1. The molecule has 4 fully saturated rings. The maximum Gasteiger partial charge on any atom is 0.246 e. The van der Waals surface area contributed by atoms with Gasteiger partial charge in [0.15, 0.2) is 0 Å². The van der Waals surface area contributed by atoms with E-state index >= 15 is 0 Å². The number of benzene rings is 1. The number of ether oxygens (including phenoxy) is 1. The van der Waals surface area contributed by atoms with E-state index in [0.717, 1.165) is 51.4 Å². The topological polar surface area (TPSA) is 87.7 Å². The van der Waals surface area contributed by atoms with Gasteiger partial charge >= 0.3 is 0 Å². The molecule has 5 aliphatic rings. The lowest BCUT2D eigenvalue weighted by Gasteiger charge is -2.40. The summed E-state index contributed by atoms with van der Waals surface area (Å²) in [5.74, 6) is -2.08. The Morgan fingerprint density at radius 3 is 2.34 bits per heavy atom. The zero-order chi connectivity index (χ0) is 26.7. The molecule has 2 saturated carbocycles. The van der Waals surface area contributed by atoms with Crippen LogP contribution in [0.2, 0.25) is 0 Å². The number of hydrogen-bond acceptors (Lipinski definition) is 4. The zero-order valence-corrected chi connectivity index (χ0v) is 22.3.